The van der Waals surface area contributed by atoms with Crippen molar-refractivity contribution < 1.29 is 19.2 Å². The molecule has 0 spiro atoms. The van der Waals surface area contributed by atoms with E-state index in [2.05, 4.69) is 15.5 Å². The summed E-state index contributed by atoms with van der Waals surface area (Å²) in [5, 5.41) is 16.1. The summed E-state index contributed by atoms with van der Waals surface area (Å²) in [6.07, 6.45) is 1.15. The molecule has 1 heterocycles. The molecule has 1 unspecified atom stereocenters. The highest BCUT2D eigenvalue weighted by Gasteiger charge is 2.24. The number of benzene rings is 1. The maximum atomic E-state index is 12.2. The van der Waals surface area contributed by atoms with Gasteiger partial charge in [-0.3, -0.25) is 4.79 Å². The Balaban J connectivity index is 1.94. The second-order valence-electron chi connectivity index (χ2n) is 7.74. The number of carboxylic acid groups (broad SMARTS) is 1. The molecule has 2 N–H and O–H groups in total. The normalized spacial score (nSPS) is 12.6. The number of aromatic nitrogens is 2. The van der Waals surface area contributed by atoms with Gasteiger partial charge in [-0.05, 0) is 37.0 Å². The number of carboxylic acids is 1. The Morgan fingerprint density at radius 2 is 1.96 bits per heavy atom. The third-order valence-corrected chi connectivity index (χ3v) is 4.44. The van der Waals surface area contributed by atoms with E-state index < -0.39 is 12.0 Å². The predicted molar refractivity (Wildman–Crippen MR) is 100 cm³/mol. The molecule has 2 rings (SSSR count). The van der Waals surface area contributed by atoms with Crippen LogP contribution in [0.25, 0.3) is 0 Å². The molecule has 2 aromatic rings. The summed E-state index contributed by atoms with van der Waals surface area (Å²) in [6, 6.07) is 4.37. The van der Waals surface area contributed by atoms with E-state index in [-0.39, 0.29) is 17.7 Å². The van der Waals surface area contributed by atoms with Gasteiger partial charge in [0.15, 0.2) is 11.9 Å². The highest BCUT2D eigenvalue weighted by molar-refractivity contribution is 5.84. The Morgan fingerprint density at radius 3 is 2.56 bits per heavy atom. The van der Waals surface area contributed by atoms with Gasteiger partial charge in [0.05, 0.1) is 0 Å². The molecular formula is C20H27N3O4. The summed E-state index contributed by atoms with van der Waals surface area (Å²) in [5.74, 6) is -0.289. The zero-order valence-electron chi connectivity index (χ0n) is 16.5. The maximum Gasteiger partial charge on any atom is 0.330 e. The molecule has 0 aliphatic heterocycles. The molecule has 0 fully saturated rings. The molecule has 146 valence electrons. The highest BCUT2D eigenvalue weighted by Crippen LogP contribution is 2.21. The lowest BCUT2D eigenvalue weighted by atomic mass is 9.96. The van der Waals surface area contributed by atoms with Crippen LogP contribution < -0.4 is 5.32 Å². The molecule has 0 aliphatic rings. The number of nitrogens with zero attached hydrogens (tertiary/aromatic N) is 2. The number of aliphatic carboxylic acids is 1. The van der Waals surface area contributed by atoms with E-state index in [9.17, 15) is 14.7 Å². The van der Waals surface area contributed by atoms with Crippen molar-refractivity contribution in [3.8, 4) is 0 Å². The van der Waals surface area contributed by atoms with Crippen LogP contribution in [-0.2, 0) is 21.4 Å². The lowest BCUT2D eigenvalue weighted by Crippen LogP contribution is -2.34. The molecular weight excluding hydrogens is 346 g/mol. The third kappa shape index (κ3) is 5.39. The molecule has 1 aromatic carbocycles. The SMILES string of the molecule is Cc1cccc(C(NC(=O)CCCc2nc(C(C)(C)C)no2)C(=O)O)c1C. The molecule has 0 saturated carbocycles. The second-order valence-corrected chi connectivity index (χ2v) is 7.74. The Kier molecular flexibility index (Phi) is 6.36. The number of nitrogens with one attached hydrogen (secondary N) is 1. The number of aryl methyl sites for hydroxylation is 2. The number of carbonyl (C=O) groups is 2. The minimum absolute atomic E-state index is 0.182. The Labute approximate surface area is 159 Å². The third-order valence-electron chi connectivity index (χ3n) is 4.44. The number of hydrogen-bond acceptors (Lipinski definition) is 5. The van der Waals surface area contributed by atoms with Crippen molar-refractivity contribution >= 4 is 11.9 Å². The highest BCUT2D eigenvalue weighted by atomic mass is 16.5. The first kappa shape index (κ1) is 20.6. The monoisotopic (exact) mass is 373 g/mol. The fourth-order valence-electron chi connectivity index (χ4n) is 2.65. The van der Waals surface area contributed by atoms with Gasteiger partial charge < -0.3 is 14.9 Å². The standard InChI is InChI=1S/C20H27N3O4/c1-12-8-6-9-14(13(12)2)17(18(25)26)21-15(24)10-7-11-16-22-19(23-27-16)20(3,4)5/h6,8-9,17H,7,10-11H2,1-5H3,(H,21,24)(H,25,26). The van der Waals surface area contributed by atoms with Crippen LogP contribution >= 0.6 is 0 Å². The largest absolute Gasteiger partial charge is 0.479 e. The van der Waals surface area contributed by atoms with Gasteiger partial charge in [0.2, 0.25) is 11.8 Å². The van der Waals surface area contributed by atoms with Crippen LogP contribution in [0.2, 0.25) is 0 Å². The van der Waals surface area contributed by atoms with E-state index in [1.807, 2.05) is 40.7 Å². The lowest BCUT2D eigenvalue weighted by molar-refractivity contribution is -0.142. The average molecular weight is 373 g/mol. The molecule has 1 aromatic heterocycles. The minimum atomic E-state index is -1.08. The molecule has 1 amide bonds. The topological polar surface area (TPSA) is 105 Å². The number of amides is 1. The summed E-state index contributed by atoms with van der Waals surface area (Å²) in [5.41, 5.74) is 2.26. The van der Waals surface area contributed by atoms with Crippen LogP contribution in [-0.4, -0.2) is 27.1 Å². The molecule has 0 saturated heterocycles. The van der Waals surface area contributed by atoms with Gasteiger partial charge in [-0.15, -0.1) is 0 Å². The lowest BCUT2D eigenvalue weighted by Gasteiger charge is -2.18. The van der Waals surface area contributed by atoms with E-state index in [1.165, 1.54) is 0 Å². The predicted octanol–water partition coefficient (Wildman–Crippen LogP) is 3.25. The maximum absolute atomic E-state index is 12.2. The Hall–Kier alpha value is -2.70. The summed E-state index contributed by atoms with van der Waals surface area (Å²) in [7, 11) is 0. The molecule has 0 bridgehead atoms. The van der Waals surface area contributed by atoms with E-state index in [0.717, 1.165) is 11.1 Å². The fourth-order valence-corrected chi connectivity index (χ4v) is 2.65. The van der Waals surface area contributed by atoms with Gasteiger partial charge >= 0.3 is 5.97 Å². The van der Waals surface area contributed by atoms with Crippen LogP contribution in [0.4, 0.5) is 0 Å². The van der Waals surface area contributed by atoms with Gasteiger partial charge in [-0.25, -0.2) is 4.79 Å². The van der Waals surface area contributed by atoms with Crippen molar-refractivity contribution in [1.82, 2.24) is 15.5 Å². The van der Waals surface area contributed by atoms with E-state index in [1.54, 1.807) is 12.1 Å². The minimum Gasteiger partial charge on any atom is -0.479 e. The quantitative estimate of drug-likeness (QED) is 0.772. The van der Waals surface area contributed by atoms with Crippen LogP contribution in [0.15, 0.2) is 22.7 Å². The second kappa shape index (κ2) is 8.33. The summed E-state index contributed by atoms with van der Waals surface area (Å²) >= 11 is 0. The zero-order valence-corrected chi connectivity index (χ0v) is 16.5. The number of carbonyl (C=O) groups excluding carboxylic acids is 1. The number of rotatable bonds is 7. The van der Waals surface area contributed by atoms with Gasteiger partial charge in [0.1, 0.15) is 0 Å². The van der Waals surface area contributed by atoms with Crippen LogP contribution in [0.3, 0.4) is 0 Å². The average Bonchev–Trinajstić information content (AvgIpc) is 3.04. The van der Waals surface area contributed by atoms with Crippen LogP contribution in [0.1, 0.15) is 68.1 Å². The summed E-state index contributed by atoms with van der Waals surface area (Å²) in [4.78, 5) is 28.2. The van der Waals surface area contributed by atoms with Crippen molar-refractivity contribution in [3.63, 3.8) is 0 Å². The molecule has 7 nitrogen and oxygen atoms in total. The van der Waals surface area contributed by atoms with Crippen LogP contribution in [0.5, 0.6) is 0 Å². The first-order valence-electron chi connectivity index (χ1n) is 9.01. The van der Waals surface area contributed by atoms with Gasteiger partial charge in [0, 0.05) is 18.3 Å². The number of hydrogen-bond donors (Lipinski definition) is 2. The molecule has 0 aliphatic carbocycles. The summed E-state index contributed by atoms with van der Waals surface area (Å²) in [6.45, 7) is 9.75. The molecule has 1 atom stereocenters. The van der Waals surface area contributed by atoms with Gasteiger partial charge in [-0.1, -0.05) is 44.1 Å². The van der Waals surface area contributed by atoms with E-state index >= 15 is 0 Å². The first-order chi connectivity index (χ1) is 12.6. The van der Waals surface area contributed by atoms with Gasteiger partial charge in [0.25, 0.3) is 0 Å². The van der Waals surface area contributed by atoms with Crippen molar-refractivity contribution in [2.45, 2.75) is 65.3 Å². The Morgan fingerprint density at radius 1 is 1.26 bits per heavy atom. The van der Waals surface area contributed by atoms with Crippen molar-refractivity contribution in [2.75, 3.05) is 0 Å². The first-order valence-corrected chi connectivity index (χ1v) is 9.01. The smallest absolute Gasteiger partial charge is 0.330 e. The molecule has 7 heteroatoms. The summed E-state index contributed by atoms with van der Waals surface area (Å²) < 4.78 is 5.20. The van der Waals surface area contributed by atoms with Gasteiger partial charge in [-0.2, -0.15) is 4.98 Å². The van der Waals surface area contributed by atoms with Crippen molar-refractivity contribution in [2.24, 2.45) is 0 Å². The van der Waals surface area contributed by atoms with E-state index in [0.29, 0.717) is 30.1 Å². The molecule has 0 radical (unpaired) electrons. The molecule has 27 heavy (non-hydrogen) atoms. The van der Waals surface area contributed by atoms with E-state index in [4.69, 9.17) is 4.52 Å². The zero-order chi connectivity index (χ0) is 20.2. The van der Waals surface area contributed by atoms with Crippen molar-refractivity contribution in [3.05, 3.63) is 46.6 Å². The van der Waals surface area contributed by atoms with Crippen molar-refractivity contribution in [1.29, 1.82) is 0 Å². The van der Waals surface area contributed by atoms with Crippen LogP contribution in [0, 0.1) is 13.8 Å². The Bertz CT molecular complexity index is 821. The fraction of sp³-hybridized carbons (Fsp3) is 0.500.